The molecule has 1 N–H and O–H groups in total. The van der Waals surface area contributed by atoms with Crippen LogP contribution in [0.1, 0.15) is 51.2 Å². The van der Waals surface area contributed by atoms with Crippen LogP contribution in [0.4, 0.5) is 5.69 Å². The Morgan fingerprint density at radius 1 is 1.00 bits per heavy atom. The first-order valence-corrected chi connectivity index (χ1v) is 10.4. The van der Waals surface area contributed by atoms with E-state index in [0.717, 1.165) is 11.1 Å². The minimum atomic E-state index is -0.433. The number of carbonyl (C=O) groups is 3. The van der Waals surface area contributed by atoms with Crippen LogP contribution in [0, 0.1) is 0 Å². The van der Waals surface area contributed by atoms with Crippen LogP contribution in [0.15, 0.2) is 72.8 Å². The van der Waals surface area contributed by atoms with Gasteiger partial charge in [-0.1, -0.05) is 30.3 Å². The van der Waals surface area contributed by atoms with Gasteiger partial charge in [0.2, 0.25) is 5.91 Å². The monoisotopic (exact) mass is 428 g/mol. The number of nitrogens with one attached hydrogen (secondary N) is 1. The Morgan fingerprint density at radius 3 is 2.31 bits per heavy atom. The van der Waals surface area contributed by atoms with Crippen molar-refractivity contribution in [1.29, 1.82) is 0 Å². The maximum atomic E-state index is 13.1. The minimum Gasteiger partial charge on any atom is -0.497 e. The fraction of sp³-hybridized carbons (Fsp3) is 0.192. The Hall–Kier alpha value is -3.93. The van der Waals surface area contributed by atoms with Crippen LogP contribution in [0.3, 0.4) is 0 Å². The smallest absolute Gasteiger partial charge is 0.255 e. The normalized spacial score (nSPS) is 13.4. The first-order valence-electron chi connectivity index (χ1n) is 10.4. The lowest BCUT2D eigenvalue weighted by molar-refractivity contribution is -0.117. The van der Waals surface area contributed by atoms with Crippen LogP contribution in [-0.2, 0) is 11.3 Å². The van der Waals surface area contributed by atoms with Gasteiger partial charge in [-0.05, 0) is 60.5 Å². The van der Waals surface area contributed by atoms with Crippen LogP contribution in [0.2, 0.25) is 0 Å². The second-order valence-electron chi connectivity index (χ2n) is 7.76. The predicted molar refractivity (Wildman–Crippen MR) is 122 cm³/mol. The van der Waals surface area contributed by atoms with E-state index < -0.39 is 6.04 Å². The number of amides is 2. The van der Waals surface area contributed by atoms with Gasteiger partial charge in [-0.15, -0.1) is 0 Å². The summed E-state index contributed by atoms with van der Waals surface area (Å²) in [6, 6.07) is 21.3. The highest BCUT2D eigenvalue weighted by atomic mass is 16.5. The standard InChI is InChI=1S/C26H24N2O4/c1-17(29)18-7-11-21(12-8-18)27-25(30)15-24(19-9-13-22(32-2)14-10-19)28-16-20-5-3-4-6-23(20)26(28)31/h3-14,24H,15-16H2,1-2H3,(H,27,30)/t24-/m0/s1. The molecule has 0 radical (unpaired) electrons. The van der Waals surface area contributed by atoms with E-state index in [0.29, 0.717) is 29.1 Å². The molecular formula is C26H24N2O4. The molecule has 3 aromatic carbocycles. The average molecular weight is 428 g/mol. The molecule has 1 aliphatic rings. The zero-order valence-corrected chi connectivity index (χ0v) is 18.0. The van der Waals surface area contributed by atoms with Gasteiger partial charge in [0.15, 0.2) is 5.78 Å². The van der Waals surface area contributed by atoms with Gasteiger partial charge < -0.3 is 15.0 Å². The molecule has 0 aromatic heterocycles. The zero-order chi connectivity index (χ0) is 22.7. The van der Waals surface area contributed by atoms with Gasteiger partial charge in [-0.2, -0.15) is 0 Å². The average Bonchev–Trinajstić information content (AvgIpc) is 3.14. The number of nitrogens with zero attached hydrogens (tertiary/aromatic N) is 1. The number of benzene rings is 3. The van der Waals surface area contributed by atoms with Crippen LogP contribution >= 0.6 is 0 Å². The molecule has 4 rings (SSSR count). The number of anilines is 1. The van der Waals surface area contributed by atoms with Crippen molar-refractivity contribution in [2.45, 2.75) is 25.9 Å². The summed E-state index contributed by atoms with van der Waals surface area (Å²) in [5.74, 6) is 0.373. The van der Waals surface area contributed by atoms with Crippen LogP contribution in [0.25, 0.3) is 0 Å². The lowest BCUT2D eigenvalue weighted by Crippen LogP contribution is -2.32. The van der Waals surface area contributed by atoms with Crippen LogP contribution < -0.4 is 10.1 Å². The van der Waals surface area contributed by atoms with Crippen LogP contribution in [0.5, 0.6) is 5.75 Å². The van der Waals surface area contributed by atoms with Gasteiger partial charge >= 0.3 is 0 Å². The summed E-state index contributed by atoms with van der Waals surface area (Å²) in [7, 11) is 1.60. The number of hydrogen-bond donors (Lipinski definition) is 1. The molecule has 6 nitrogen and oxygen atoms in total. The maximum Gasteiger partial charge on any atom is 0.255 e. The highest BCUT2D eigenvalue weighted by Gasteiger charge is 2.34. The number of Topliss-reactive ketones (excluding diaryl/α,β-unsaturated/α-hetero) is 1. The van der Waals surface area contributed by atoms with Gasteiger partial charge in [0.25, 0.3) is 5.91 Å². The van der Waals surface area contributed by atoms with E-state index in [2.05, 4.69) is 5.32 Å². The van der Waals surface area contributed by atoms with Crippen LogP contribution in [-0.4, -0.2) is 29.6 Å². The first kappa shape index (κ1) is 21.3. The minimum absolute atomic E-state index is 0.0328. The molecule has 1 atom stereocenters. The molecule has 0 saturated heterocycles. The molecule has 0 saturated carbocycles. The van der Waals surface area contributed by atoms with Gasteiger partial charge in [-0.25, -0.2) is 0 Å². The van der Waals surface area contributed by atoms with Crippen molar-refractivity contribution in [3.63, 3.8) is 0 Å². The Bertz CT molecular complexity index is 1150. The number of hydrogen-bond acceptors (Lipinski definition) is 4. The van der Waals surface area contributed by atoms with E-state index in [1.165, 1.54) is 6.92 Å². The third-order valence-electron chi connectivity index (χ3n) is 5.68. The molecule has 2 amide bonds. The number of ether oxygens (including phenoxy) is 1. The van der Waals surface area contributed by atoms with Crippen molar-refractivity contribution in [3.8, 4) is 5.75 Å². The third-order valence-corrected chi connectivity index (χ3v) is 5.68. The fourth-order valence-corrected chi connectivity index (χ4v) is 3.94. The van der Waals surface area contributed by atoms with Crippen molar-refractivity contribution in [2.24, 2.45) is 0 Å². The summed E-state index contributed by atoms with van der Waals surface area (Å²) < 4.78 is 5.25. The largest absolute Gasteiger partial charge is 0.497 e. The molecule has 3 aromatic rings. The fourth-order valence-electron chi connectivity index (χ4n) is 3.94. The number of ketones is 1. The molecule has 32 heavy (non-hydrogen) atoms. The lowest BCUT2D eigenvalue weighted by atomic mass is 10.0. The van der Waals surface area contributed by atoms with E-state index >= 15 is 0 Å². The molecule has 162 valence electrons. The summed E-state index contributed by atoms with van der Waals surface area (Å²) in [6.45, 7) is 1.95. The number of methoxy groups -OCH3 is 1. The summed E-state index contributed by atoms with van der Waals surface area (Å²) in [5.41, 5.74) is 3.67. The Balaban J connectivity index is 1.57. The van der Waals surface area contributed by atoms with Crippen molar-refractivity contribution in [2.75, 3.05) is 12.4 Å². The van der Waals surface area contributed by atoms with Gasteiger partial charge in [-0.3, -0.25) is 14.4 Å². The predicted octanol–water partition coefficient (Wildman–Crippen LogP) is 4.62. The molecule has 0 spiro atoms. The van der Waals surface area contributed by atoms with E-state index in [4.69, 9.17) is 4.74 Å². The molecule has 1 aliphatic heterocycles. The van der Waals surface area contributed by atoms with E-state index in [-0.39, 0.29) is 24.0 Å². The summed E-state index contributed by atoms with van der Waals surface area (Å²) in [6.07, 6.45) is 0.0977. The van der Waals surface area contributed by atoms with Crippen molar-refractivity contribution in [3.05, 3.63) is 95.1 Å². The highest BCUT2D eigenvalue weighted by molar-refractivity contribution is 5.99. The van der Waals surface area contributed by atoms with Crippen molar-refractivity contribution >= 4 is 23.3 Å². The summed E-state index contributed by atoms with van der Waals surface area (Å²) in [4.78, 5) is 39.3. The number of fused-ring (bicyclic) bond motifs is 1. The van der Waals surface area contributed by atoms with Gasteiger partial charge in [0, 0.05) is 23.4 Å². The van der Waals surface area contributed by atoms with Gasteiger partial charge in [0.1, 0.15) is 5.75 Å². The highest BCUT2D eigenvalue weighted by Crippen LogP contribution is 2.34. The molecule has 0 bridgehead atoms. The second kappa shape index (κ2) is 9.06. The van der Waals surface area contributed by atoms with Crippen molar-refractivity contribution < 1.29 is 19.1 Å². The van der Waals surface area contributed by atoms with E-state index in [9.17, 15) is 14.4 Å². The Kier molecular flexibility index (Phi) is 6.03. The molecule has 6 heteroatoms. The molecule has 0 fully saturated rings. The lowest BCUT2D eigenvalue weighted by Gasteiger charge is -2.28. The summed E-state index contributed by atoms with van der Waals surface area (Å²) in [5, 5.41) is 2.88. The first-order chi connectivity index (χ1) is 15.5. The summed E-state index contributed by atoms with van der Waals surface area (Å²) >= 11 is 0. The third kappa shape index (κ3) is 4.39. The Morgan fingerprint density at radius 2 is 1.69 bits per heavy atom. The van der Waals surface area contributed by atoms with Crippen molar-refractivity contribution in [1.82, 2.24) is 4.90 Å². The topological polar surface area (TPSA) is 75.7 Å². The molecule has 0 unspecified atom stereocenters. The second-order valence-corrected chi connectivity index (χ2v) is 7.76. The quantitative estimate of drug-likeness (QED) is 0.557. The van der Waals surface area contributed by atoms with E-state index in [1.54, 1.807) is 36.3 Å². The maximum absolute atomic E-state index is 13.1. The Labute approximate surface area is 186 Å². The zero-order valence-electron chi connectivity index (χ0n) is 18.0. The molecule has 1 heterocycles. The number of rotatable bonds is 7. The molecule has 0 aliphatic carbocycles. The van der Waals surface area contributed by atoms with Gasteiger partial charge in [0.05, 0.1) is 19.6 Å². The molecular weight excluding hydrogens is 404 g/mol. The number of carbonyl (C=O) groups excluding carboxylic acids is 3. The SMILES string of the molecule is COc1ccc([C@H](CC(=O)Nc2ccc(C(C)=O)cc2)N2Cc3ccccc3C2=O)cc1. The van der Waals surface area contributed by atoms with E-state index in [1.807, 2.05) is 48.5 Å².